The molecule has 0 saturated carbocycles. The molecule has 0 amide bonds. The average Bonchev–Trinajstić information content (AvgIpc) is 2.46. The predicted octanol–water partition coefficient (Wildman–Crippen LogP) is 2.96. The molecule has 1 unspecified atom stereocenters. The van der Waals surface area contributed by atoms with Gasteiger partial charge in [0.15, 0.2) is 0 Å². The van der Waals surface area contributed by atoms with Crippen molar-refractivity contribution >= 4 is 22.3 Å². The monoisotopic (exact) mass is 271 g/mol. The molecule has 4 nitrogen and oxygen atoms in total. The van der Waals surface area contributed by atoms with Gasteiger partial charge in [0.25, 0.3) is 0 Å². The first-order chi connectivity index (χ1) is 9.72. The zero-order valence-corrected chi connectivity index (χ0v) is 11.9. The molecule has 1 atom stereocenters. The number of fused-ring (bicyclic) bond motifs is 1. The summed E-state index contributed by atoms with van der Waals surface area (Å²) in [6.45, 7) is 4.72. The molecule has 4 heteroatoms. The molecule has 20 heavy (non-hydrogen) atoms. The largest absolute Gasteiger partial charge is 0.399 e. The standard InChI is InChI=1S/C16H21N3O/c1-11-7-16(18-9-12-3-2-6-20-10-12)14-8-13(17)4-5-15(14)19-11/h4-5,7-8,12H,2-3,6,9-10,17H2,1H3,(H,18,19). The van der Waals surface area contributed by atoms with E-state index in [2.05, 4.69) is 16.4 Å². The Hall–Kier alpha value is -1.81. The third-order valence-electron chi connectivity index (χ3n) is 3.80. The van der Waals surface area contributed by atoms with E-state index in [0.717, 1.165) is 54.2 Å². The first kappa shape index (κ1) is 13.2. The highest BCUT2D eigenvalue weighted by Gasteiger charge is 2.14. The number of nitrogens with zero attached hydrogens (tertiary/aromatic N) is 1. The van der Waals surface area contributed by atoms with E-state index in [1.165, 1.54) is 6.42 Å². The van der Waals surface area contributed by atoms with E-state index < -0.39 is 0 Å². The second kappa shape index (κ2) is 5.67. The second-order valence-electron chi connectivity index (χ2n) is 5.55. The van der Waals surface area contributed by atoms with Crippen LogP contribution in [0, 0.1) is 12.8 Å². The summed E-state index contributed by atoms with van der Waals surface area (Å²) in [6, 6.07) is 7.95. The summed E-state index contributed by atoms with van der Waals surface area (Å²) in [7, 11) is 0. The van der Waals surface area contributed by atoms with Gasteiger partial charge in [0.1, 0.15) is 0 Å². The lowest BCUT2D eigenvalue weighted by molar-refractivity contribution is 0.0595. The molecule has 2 heterocycles. The third kappa shape index (κ3) is 2.85. The lowest BCUT2D eigenvalue weighted by Gasteiger charge is -2.23. The van der Waals surface area contributed by atoms with Crippen LogP contribution in [-0.2, 0) is 4.74 Å². The van der Waals surface area contributed by atoms with Crippen LogP contribution < -0.4 is 11.1 Å². The fourth-order valence-electron chi connectivity index (χ4n) is 2.74. The SMILES string of the molecule is Cc1cc(NCC2CCCOC2)c2cc(N)ccc2n1. The zero-order valence-electron chi connectivity index (χ0n) is 11.9. The number of hydrogen-bond acceptors (Lipinski definition) is 4. The minimum absolute atomic E-state index is 0.591. The number of nitrogen functional groups attached to an aromatic ring is 1. The molecule has 0 radical (unpaired) electrons. The van der Waals surface area contributed by atoms with Gasteiger partial charge in [-0.3, -0.25) is 4.98 Å². The van der Waals surface area contributed by atoms with E-state index in [-0.39, 0.29) is 0 Å². The Morgan fingerprint density at radius 2 is 2.30 bits per heavy atom. The highest BCUT2D eigenvalue weighted by Crippen LogP contribution is 2.26. The Bertz CT molecular complexity index is 606. The van der Waals surface area contributed by atoms with Gasteiger partial charge >= 0.3 is 0 Å². The van der Waals surface area contributed by atoms with E-state index in [1.54, 1.807) is 0 Å². The van der Waals surface area contributed by atoms with Crippen molar-refractivity contribution in [1.82, 2.24) is 4.98 Å². The summed E-state index contributed by atoms with van der Waals surface area (Å²) in [6.07, 6.45) is 2.40. The van der Waals surface area contributed by atoms with E-state index in [9.17, 15) is 0 Å². The van der Waals surface area contributed by atoms with Crippen LogP contribution in [0.2, 0.25) is 0 Å². The van der Waals surface area contributed by atoms with Crippen LogP contribution in [0.1, 0.15) is 18.5 Å². The van der Waals surface area contributed by atoms with Crippen molar-refractivity contribution in [2.75, 3.05) is 30.8 Å². The summed E-state index contributed by atoms with van der Waals surface area (Å²) in [5.41, 5.74) is 9.79. The lowest BCUT2D eigenvalue weighted by Crippen LogP contribution is -2.24. The molecule has 3 N–H and O–H groups in total. The molecule has 0 aliphatic carbocycles. The Morgan fingerprint density at radius 3 is 3.10 bits per heavy atom. The highest BCUT2D eigenvalue weighted by atomic mass is 16.5. The van der Waals surface area contributed by atoms with E-state index in [0.29, 0.717) is 5.92 Å². The molecule has 106 valence electrons. The summed E-state index contributed by atoms with van der Waals surface area (Å²) in [5, 5.41) is 4.64. The van der Waals surface area contributed by atoms with Crippen molar-refractivity contribution < 1.29 is 4.74 Å². The van der Waals surface area contributed by atoms with E-state index in [4.69, 9.17) is 10.5 Å². The maximum atomic E-state index is 5.89. The molecule has 1 aromatic carbocycles. The Balaban J connectivity index is 1.83. The molecule has 0 spiro atoms. The van der Waals surface area contributed by atoms with E-state index in [1.807, 2.05) is 25.1 Å². The maximum Gasteiger partial charge on any atom is 0.0727 e. The minimum Gasteiger partial charge on any atom is -0.399 e. The molecule has 1 aliphatic heterocycles. The Labute approximate surface area is 119 Å². The average molecular weight is 271 g/mol. The third-order valence-corrected chi connectivity index (χ3v) is 3.80. The molecule has 0 bridgehead atoms. The number of pyridine rings is 1. The van der Waals surface area contributed by atoms with Gasteiger partial charge in [-0.05, 0) is 49.9 Å². The summed E-state index contributed by atoms with van der Waals surface area (Å²) in [5.74, 6) is 0.591. The van der Waals surface area contributed by atoms with Gasteiger partial charge in [0.2, 0.25) is 0 Å². The number of ether oxygens (including phenoxy) is 1. The number of aryl methyl sites for hydroxylation is 1. The number of nitrogens with two attached hydrogens (primary N) is 1. The van der Waals surface area contributed by atoms with Gasteiger partial charge in [0, 0.05) is 35.6 Å². The number of rotatable bonds is 3. The molecule has 2 aromatic rings. The van der Waals surface area contributed by atoms with Gasteiger partial charge in [-0.1, -0.05) is 0 Å². The molecular weight excluding hydrogens is 250 g/mol. The number of hydrogen-bond donors (Lipinski definition) is 2. The first-order valence-corrected chi connectivity index (χ1v) is 7.21. The topological polar surface area (TPSA) is 60.2 Å². The minimum atomic E-state index is 0.591. The van der Waals surface area contributed by atoms with Crippen LogP contribution in [0.3, 0.4) is 0 Å². The van der Waals surface area contributed by atoms with E-state index >= 15 is 0 Å². The molecule has 1 aromatic heterocycles. The Kier molecular flexibility index (Phi) is 3.74. The van der Waals surface area contributed by atoms with Crippen molar-refractivity contribution in [3.63, 3.8) is 0 Å². The zero-order chi connectivity index (χ0) is 13.9. The maximum absolute atomic E-state index is 5.89. The van der Waals surface area contributed by atoms with Gasteiger partial charge in [-0.2, -0.15) is 0 Å². The van der Waals surface area contributed by atoms with Gasteiger partial charge in [-0.15, -0.1) is 0 Å². The summed E-state index contributed by atoms with van der Waals surface area (Å²) >= 11 is 0. The van der Waals surface area contributed by atoms with Crippen molar-refractivity contribution in [2.24, 2.45) is 5.92 Å². The lowest BCUT2D eigenvalue weighted by atomic mass is 10.0. The van der Waals surface area contributed by atoms with Gasteiger partial charge in [0.05, 0.1) is 12.1 Å². The molecule has 1 aliphatic rings. The number of nitrogens with one attached hydrogen (secondary N) is 1. The van der Waals surface area contributed by atoms with Crippen LogP contribution in [0.4, 0.5) is 11.4 Å². The summed E-state index contributed by atoms with van der Waals surface area (Å²) in [4.78, 5) is 4.55. The van der Waals surface area contributed by atoms with Crippen LogP contribution >= 0.6 is 0 Å². The van der Waals surface area contributed by atoms with Crippen LogP contribution in [-0.4, -0.2) is 24.7 Å². The number of aromatic nitrogens is 1. The molecular formula is C16H21N3O. The number of benzene rings is 1. The van der Waals surface area contributed by atoms with Crippen LogP contribution in [0.15, 0.2) is 24.3 Å². The van der Waals surface area contributed by atoms with Crippen molar-refractivity contribution in [1.29, 1.82) is 0 Å². The summed E-state index contributed by atoms with van der Waals surface area (Å²) < 4.78 is 5.53. The number of anilines is 2. The van der Waals surface area contributed by atoms with Crippen LogP contribution in [0.5, 0.6) is 0 Å². The molecule has 1 fully saturated rings. The van der Waals surface area contributed by atoms with Gasteiger partial charge < -0.3 is 15.8 Å². The first-order valence-electron chi connectivity index (χ1n) is 7.21. The van der Waals surface area contributed by atoms with Crippen molar-refractivity contribution in [3.05, 3.63) is 30.0 Å². The molecule has 1 saturated heterocycles. The van der Waals surface area contributed by atoms with Crippen LogP contribution in [0.25, 0.3) is 10.9 Å². The fraction of sp³-hybridized carbons (Fsp3) is 0.438. The van der Waals surface area contributed by atoms with Gasteiger partial charge in [-0.25, -0.2) is 0 Å². The predicted molar refractivity (Wildman–Crippen MR) is 82.9 cm³/mol. The van der Waals surface area contributed by atoms with Crippen molar-refractivity contribution in [3.8, 4) is 0 Å². The quantitative estimate of drug-likeness (QED) is 0.843. The normalized spacial score (nSPS) is 19.1. The highest BCUT2D eigenvalue weighted by molar-refractivity contribution is 5.93. The second-order valence-corrected chi connectivity index (χ2v) is 5.55. The Morgan fingerprint density at radius 1 is 1.40 bits per heavy atom. The fourth-order valence-corrected chi connectivity index (χ4v) is 2.74. The van der Waals surface area contributed by atoms with Crippen molar-refractivity contribution in [2.45, 2.75) is 19.8 Å². The smallest absolute Gasteiger partial charge is 0.0727 e. The molecule has 3 rings (SSSR count).